The van der Waals surface area contributed by atoms with Crippen LogP contribution < -0.4 is 16.3 Å². The normalized spacial score (nSPS) is 17.4. The molecule has 0 atom stereocenters. The molecule has 4 amide bonds. The first-order chi connectivity index (χ1) is 16.3. The summed E-state index contributed by atoms with van der Waals surface area (Å²) < 4.78 is 2.71. The van der Waals surface area contributed by atoms with Crippen LogP contribution in [0.25, 0.3) is 16.7 Å². The Hall–Kier alpha value is -4.02. The first-order valence-corrected chi connectivity index (χ1v) is 11.3. The maximum absolute atomic E-state index is 13.0. The highest BCUT2D eigenvalue weighted by Crippen LogP contribution is 2.33. The molecule has 2 aromatic heterocycles. The fourth-order valence-electron chi connectivity index (χ4n) is 4.85. The maximum Gasteiger partial charge on any atom is 0.344 e. The predicted octanol–water partition coefficient (Wildman–Crippen LogP) is 1.48. The van der Waals surface area contributed by atoms with Crippen molar-refractivity contribution >= 4 is 28.9 Å². The number of carbonyl (C=O) groups excluding carboxylic acids is 3. The highest BCUT2D eigenvalue weighted by atomic mass is 16.2. The lowest BCUT2D eigenvalue weighted by atomic mass is 9.82. The van der Waals surface area contributed by atoms with Crippen molar-refractivity contribution in [1.29, 1.82) is 0 Å². The van der Waals surface area contributed by atoms with Crippen LogP contribution in [0.15, 0.2) is 35.5 Å². The van der Waals surface area contributed by atoms with E-state index in [-0.39, 0.29) is 5.39 Å². The van der Waals surface area contributed by atoms with E-state index in [4.69, 9.17) is 0 Å². The molecular weight excluding hydrogens is 438 g/mol. The number of hydrogen-bond acceptors (Lipinski definition) is 6. The van der Waals surface area contributed by atoms with Crippen LogP contribution in [0.4, 0.5) is 4.79 Å². The molecule has 1 aliphatic carbocycles. The molecule has 0 radical (unpaired) electrons. The van der Waals surface area contributed by atoms with E-state index in [0.717, 1.165) is 45.7 Å². The van der Waals surface area contributed by atoms with E-state index in [1.807, 2.05) is 32.0 Å². The van der Waals surface area contributed by atoms with Gasteiger partial charge in [0.25, 0.3) is 17.4 Å². The quantitative estimate of drug-likeness (QED) is 0.564. The molecule has 11 heteroatoms. The van der Waals surface area contributed by atoms with E-state index in [9.17, 15) is 19.2 Å². The highest BCUT2D eigenvalue weighted by Gasteiger charge is 2.52. The van der Waals surface area contributed by atoms with Crippen molar-refractivity contribution in [3.05, 3.63) is 52.2 Å². The van der Waals surface area contributed by atoms with Crippen LogP contribution in [0.3, 0.4) is 0 Å². The van der Waals surface area contributed by atoms with Gasteiger partial charge in [-0.05, 0) is 49.9 Å². The lowest BCUT2D eigenvalue weighted by molar-refractivity contribution is -0.140. The maximum atomic E-state index is 13.0. The van der Waals surface area contributed by atoms with E-state index in [2.05, 4.69) is 20.8 Å². The number of urea groups is 1. The molecule has 1 aromatic carbocycles. The Labute approximate surface area is 194 Å². The van der Waals surface area contributed by atoms with Gasteiger partial charge >= 0.3 is 6.03 Å². The molecule has 5 rings (SSSR count). The first kappa shape index (κ1) is 21.8. The smallest absolute Gasteiger partial charge is 0.322 e. The third-order valence-corrected chi connectivity index (χ3v) is 6.42. The van der Waals surface area contributed by atoms with E-state index >= 15 is 0 Å². The van der Waals surface area contributed by atoms with Gasteiger partial charge in [-0.15, -0.1) is 0 Å². The highest BCUT2D eigenvalue weighted by molar-refractivity contribution is 6.08. The molecular formula is C23H25N7O4. The van der Waals surface area contributed by atoms with Crippen LogP contribution in [0.5, 0.6) is 0 Å². The van der Waals surface area contributed by atoms with Crippen LogP contribution >= 0.6 is 0 Å². The molecule has 1 spiro atoms. The molecule has 11 nitrogen and oxygen atoms in total. The number of aromatic nitrogens is 4. The molecule has 2 N–H and O–H groups in total. The second kappa shape index (κ2) is 8.08. The third kappa shape index (κ3) is 3.62. The summed E-state index contributed by atoms with van der Waals surface area (Å²) in [5.41, 5.74) is 4.22. The van der Waals surface area contributed by atoms with Gasteiger partial charge in [0.05, 0.1) is 11.9 Å². The molecule has 176 valence electrons. The zero-order valence-electron chi connectivity index (χ0n) is 19.0. The number of amides is 4. The van der Waals surface area contributed by atoms with Gasteiger partial charge in [0.2, 0.25) is 0 Å². The molecule has 3 aromatic rings. The van der Waals surface area contributed by atoms with Crippen LogP contribution in [0, 0.1) is 13.8 Å². The lowest BCUT2D eigenvalue weighted by Crippen LogP contribution is -2.51. The Morgan fingerprint density at radius 3 is 2.50 bits per heavy atom. The zero-order valence-corrected chi connectivity index (χ0v) is 19.0. The number of nitrogens with one attached hydrogen (secondary N) is 2. The molecule has 1 aliphatic heterocycles. The van der Waals surface area contributed by atoms with Crippen LogP contribution in [0.2, 0.25) is 0 Å². The van der Waals surface area contributed by atoms with Gasteiger partial charge < -0.3 is 5.32 Å². The van der Waals surface area contributed by atoms with Gasteiger partial charge in [0, 0.05) is 0 Å². The van der Waals surface area contributed by atoms with E-state index in [1.165, 1.54) is 12.5 Å². The fourth-order valence-corrected chi connectivity index (χ4v) is 4.85. The SMILES string of the molecule is Cc1cc(C)cc(-n2ncc3c(=O)n(CC(=O)NN4C(=O)NC5(CCCCC5)C4=O)cnc32)c1. The van der Waals surface area contributed by atoms with Gasteiger partial charge in [-0.2, -0.15) is 10.1 Å². The number of nitrogens with zero attached hydrogens (tertiary/aromatic N) is 5. The molecule has 1 saturated heterocycles. The molecule has 34 heavy (non-hydrogen) atoms. The van der Waals surface area contributed by atoms with Gasteiger partial charge in [0.1, 0.15) is 23.8 Å². The van der Waals surface area contributed by atoms with Crippen LogP contribution in [-0.2, 0) is 16.1 Å². The lowest BCUT2D eigenvalue weighted by Gasteiger charge is -2.30. The third-order valence-electron chi connectivity index (χ3n) is 6.42. The summed E-state index contributed by atoms with van der Waals surface area (Å²) in [5.74, 6) is -1.14. The van der Waals surface area contributed by atoms with Crippen molar-refractivity contribution in [3.8, 4) is 5.69 Å². The molecule has 2 aliphatic rings. The summed E-state index contributed by atoms with van der Waals surface area (Å²) >= 11 is 0. The van der Waals surface area contributed by atoms with E-state index < -0.39 is 35.5 Å². The van der Waals surface area contributed by atoms with E-state index in [1.54, 1.807) is 4.68 Å². The minimum absolute atomic E-state index is 0.255. The molecule has 1 saturated carbocycles. The minimum atomic E-state index is -0.942. The summed E-state index contributed by atoms with van der Waals surface area (Å²) in [7, 11) is 0. The summed E-state index contributed by atoms with van der Waals surface area (Å²) in [4.78, 5) is 55.2. The topological polar surface area (TPSA) is 131 Å². The summed E-state index contributed by atoms with van der Waals surface area (Å²) in [6.07, 6.45) is 6.47. The second-order valence-corrected chi connectivity index (χ2v) is 9.07. The Morgan fingerprint density at radius 2 is 1.79 bits per heavy atom. The van der Waals surface area contributed by atoms with Crippen molar-refractivity contribution in [2.24, 2.45) is 0 Å². The Bertz CT molecular complexity index is 1360. The van der Waals surface area contributed by atoms with Gasteiger partial charge in [0.15, 0.2) is 5.65 Å². The molecule has 3 heterocycles. The van der Waals surface area contributed by atoms with Crippen molar-refractivity contribution in [2.45, 2.75) is 58.0 Å². The number of aryl methyl sites for hydroxylation is 2. The number of hydrazine groups is 1. The summed E-state index contributed by atoms with van der Waals surface area (Å²) in [6, 6.07) is 5.26. The molecule has 0 unspecified atom stereocenters. The van der Waals surface area contributed by atoms with Crippen LogP contribution in [-0.4, -0.2) is 47.7 Å². The van der Waals surface area contributed by atoms with Crippen LogP contribution in [0.1, 0.15) is 43.2 Å². The van der Waals surface area contributed by atoms with E-state index in [0.29, 0.717) is 18.5 Å². The number of rotatable bonds is 4. The summed E-state index contributed by atoms with van der Waals surface area (Å²) in [6.45, 7) is 3.55. The Morgan fingerprint density at radius 1 is 1.09 bits per heavy atom. The Balaban J connectivity index is 1.36. The van der Waals surface area contributed by atoms with Gasteiger partial charge in [-0.25, -0.2) is 14.5 Å². The van der Waals surface area contributed by atoms with Crippen molar-refractivity contribution in [1.82, 2.24) is 35.1 Å². The van der Waals surface area contributed by atoms with Gasteiger partial charge in [-0.3, -0.25) is 24.4 Å². The standard InChI is InChI=1S/C23H25N7O4/c1-14-8-15(2)10-16(9-14)29-19-17(11-25-29)20(32)28(13-24-19)12-18(31)27-30-21(33)23(26-22(30)34)6-4-3-5-7-23/h8-11,13H,3-7,12H2,1-2H3,(H,26,34)(H,27,31). The monoisotopic (exact) mass is 463 g/mol. The first-order valence-electron chi connectivity index (χ1n) is 11.3. The number of carbonyl (C=O) groups is 3. The fraction of sp³-hybridized carbons (Fsp3) is 0.391. The van der Waals surface area contributed by atoms with Crippen molar-refractivity contribution < 1.29 is 14.4 Å². The number of imide groups is 1. The zero-order chi connectivity index (χ0) is 24.0. The van der Waals surface area contributed by atoms with Crippen molar-refractivity contribution in [2.75, 3.05) is 0 Å². The second-order valence-electron chi connectivity index (χ2n) is 9.07. The molecule has 2 fully saturated rings. The number of benzene rings is 1. The number of hydrogen-bond donors (Lipinski definition) is 2. The largest absolute Gasteiger partial charge is 0.344 e. The van der Waals surface area contributed by atoms with Gasteiger partial charge in [-0.1, -0.05) is 25.3 Å². The average Bonchev–Trinajstić information content (AvgIpc) is 3.32. The molecule has 0 bridgehead atoms. The Kier molecular flexibility index (Phi) is 5.18. The van der Waals surface area contributed by atoms with Crippen molar-refractivity contribution in [3.63, 3.8) is 0 Å². The summed E-state index contributed by atoms with van der Waals surface area (Å²) in [5, 5.41) is 8.03. The minimum Gasteiger partial charge on any atom is -0.322 e. The average molecular weight is 463 g/mol. The number of fused-ring (bicyclic) bond motifs is 1. The predicted molar refractivity (Wildman–Crippen MR) is 122 cm³/mol.